The van der Waals surface area contributed by atoms with Crippen molar-refractivity contribution in [2.45, 2.75) is 50.4 Å². The summed E-state index contributed by atoms with van der Waals surface area (Å²) in [6.45, 7) is 3.50. The first-order valence-electron chi connectivity index (χ1n) is 12.1. The van der Waals surface area contributed by atoms with Gasteiger partial charge in [0.2, 0.25) is 5.89 Å². The van der Waals surface area contributed by atoms with Crippen molar-refractivity contribution in [1.29, 1.82) is 0 Å². The molecule has 1 aliphatic carbocycles. The number of aryl methyl sites for hydroxylation is 1. The molecule has 0 atom stereocenters. The molecule has 180 valence electrons. The van der Waals surface area contributed by atoms with Gasteiger partial charge in [0.1, 0.15) is 23.3 Å². The molecule has 35 heavy (non-hydrogen) atoms. The van der Waals surface area contributed by atoms with E-state index in [0.29, 0.717) is 55.4 Å². The zero-order chi connectivity index (χ0) is 24.0. The fourth-order valence-corrected chi connectivity index (χ4v) is 4.76. The number of aliphatic hydroxyl groups is 1. The van der Waals surface area contributed by atoms with Gasteiger partial charge in [-0.05, 0) is 42.5 Å². The van der Waals surface area contributed by atoms with E-state index < -0.39 is 11.3 Å². The molecule has 2 aromatic carbocycles. The summed E-state index contributed by atoms with van der Waals surface area (Å²) in [4.78, 5) is 4.64. The number of rotatable bonds is 6. The summed E-state index contributed by atoms with van der Waals surface area (Å²) in [5.41, 5.74) is 3.96. The van der Waals surface area contributed by atoms with Gasteiger partial charge in [-0.3, -0.25) is 4.68 Å². The van der Waals surface area contributed by atoms with E-state index >= 15 is 4.39 Å². The van der Waals surface area contributed by atoms with Crippen LogP contribution in [-0.4, -0.2) is 33.1 Å². The van der Waals surface area contributed by atoms with Crippen molar-refractivity contribution in [2.75, 3.05) is 13.2 Å². The maximum atomic E-state index is 15.2. The van der Waals surface area contributed by atoms with Gasteiger partial charge in [0.15, 0.2) is 0 Å². The Kier molecular flexibility index (Phi) is 5.34. The lowest BCUT2D eigenvalue weighted by molar-refractivity contribution is -0.0114. The molecule has 1 aliphatic heterocycles. The third-order valence-electron chi connectivity index (χ3n) is 7.21. The number of hydrogen-bond acceptors (Lipinski definition) is 5. The first-order valence-corrected chi connectivity index (χ1v) is 12.1. The van der Waals surface area contributed by atoms with Crippen LogP contribution in [0.2, 0.25) is 0 Å². The largest absolute Gasteiger partial charge is 0.443 e. The monoisotopic (exact) mass is 473 g/mol. The number of hydrogen-bond donors (Lipinski definition) is 1. The smallest absolute Gasteiger partial charge is 0.247 e. The molecule has 1 N–H and O–H groups in total. The van der Waals surface area contributed by atoms with Crippen molar-refractivity contribution in [3.63, 3.8) is 0 Å². The molecule has 4 aromatic rings. The van der Waals surface area contributed by atoms with Crippen molar-refractivity contribution in [3.8, 4) is 22.8 Å². The SMILES string of the molecule is Cc1cc(-c2nc(-c3ccc(C4(F)CCOCC4)cc3)co2)nn1Cc1cccc(C2(O)CC2)c1. The molecule has 0 radical (unpaired) electrons. The molecule has 0 unspecified atom stereocenters. The Morgan fingerprint density at radius 2 is 1.74 bits per heavy atom. The van der Waals surface area contributed by atoms with Crippen molar-refractivity contribution in [2.24, 2.45) is 0 Å². The molecule has 2 fully saturated rings. The number of aromatic nitrogens is 3. The van der Waals surface area contributed by atoms with E-state index in [0.717, 1.165) is 35.2 Å². The molecule has 1 saturated carbocycles. The van der Waals surface area contributed by atoms with E-state index in [2.05, 4.69) is 11.1 Å². The minimum Gasteiger partial charge on any atom is -0.443 e. The number of alkyl halides is 1. The number of halogens is 1. The molecule has 0 bridgehead atoms. The highest BCUT2D eigenvalue weighted by molar-refractivity contribution is 5.62. The van der Waals surface area contributed by atoms with Gasteiger partial charge < -0.3 is 14.3 Å². The van der Waals surface area contributed by atoms with Gasteiger partial charge in [-0.15, -0.1) is 0 Å². The molecule has 0 spiro atoms. The molecule has 0 amide bonds. The first-order chi connectivity index (χ1) is 16.9. The Morgan fingerprint density at radius 1 is 0.971 bits per heavy atom. The zero-order valence-corrected chi connectivity index (χ0v) is 19.7. The average Bonchev–Trinajstić information content (AvgIpc) is 3.27. The number of benzene rings is 2. The Bertz CT molecular complexity index is 1350. The molecule has 6 rings (SSSR count). The van der Waals surface area contributed by atoms with Crippen LogP contribution in [0.1, 0.15) is 48.1 Å². The van der Waals surface area contributed by atoms with Crippen molar-refractivity contribution in [3.05, 3.63) is 83.2 Å². The van der Waals surface area contributed by atoms with E-state index in [-0.39, 0.29) is 0 Å². The summed E-state index contributed by atoms with van der Waals surface area (Å²) in [6.07, 6.45) is 4.01. The molecular weight excluding hydrogens is 445 g/mol. The summed E-state index contributed by atoms with van der Waals surface area (Å²) in [5.74, 6) is 0.443. The Hall–Kier alpha value is -3.29. The van der Waals surface area contributed by atoms with Gasteiger partial charge in [-0.1, -0.05) is 48.5 Å². The second kappa shape index (κ2) is 8.43. The van der Waals surface area contributed by atoms with E-state index in [9.17, 15) is 5.11 Å². The summed E-state index contributed by atoms with van der Waals surface area (Å²) in [7, 11) is 0. The molecule has 3 heterocycles. The van der Waals surface area contributed by atoms with Crippen LogP contribution in [0.4, 0.5) is 4.39 Å². The average molecular weight is 474 g/mol. The van der Waals surface area contributed by atoms with Crippen molar-refractivity contribution in [1.82, 2.24) is 14.8 Å². The fraction of sp³-hybridized carbons (Fsp3) is 0.357. The van der Waals surface area contributed by atoms with Crippen LogP contribution in [0.5, 0.6) is 0 Å². The number of oxazole rings is 1. The molecular formula is C28H28FN3O3. The third kappa shape index (κ3) is 4.30. The fourth-order valence-electron chi connectivity index (χ4n) is 4.76. The van der Waals surface area contributed by atoms with E-state index in [1.807, 2.05) is 60.1 Å². The Labute approximate surface area is 203 Å². The standard InChI is InChI=1S/C28H28FN3O3/c1-19-15-24(31-32(19)17-20-3-2-4-23(16-20)28(33)9-10-28)26-30-25(18-35-26)21-5-7-22(8-6-21)27(29)11-13-34-14-12-27/h2-8,15-16,18,33H,9-14,17H2,1H3. The molecule has 2 aromatic heterocycles. The van der Waals surface area contributed by atoms with Crippen LogP contribution in [0, 0.1) is 6.92 Å². The Balaban J connectivity index is 1.20. The van der Waals surface area contributed by atoms with Crippen LogP contribution < -0.4 is 0 Å². The van der Waals surface area contributed by atoms with Crippen LogP contribution in [0.25, 0.3) is 22.8 Å². The van der Waals surface area contributed by atoms with Gasteiger partial charge in [0, 0.05) is 37.3 Å². The first kappa shape index (κ1) is 22.2. The maximum Gasteiger partial charge on any atom is 0.247 e. The maximum absolute atomic E-state index is 15.2. The van der Waals surface area contributed by atoms with Crippen molar-refractivity contribution < 1.29 is 18.7 Å². The van der Waals surface area contributed by atoms with E-state index in [4.69, 9.17) is 14.3 Å². The quantitative estimate of drug-likeness (QED) is 0.399. The van der Waals surface area contributed by atoms with Crippen LogP contribution in [0.15, 0.2) is 65.3 Å². The van der Waals surface area contributed by atoms with Gasteiger partial charge in [0.05, 0.1) is 12.1 Å². The van der Waals surface area contributed by atoms with E-state index in [1.165, 1.54) is 0 Å². The van der Waals surface area contributed by atoms with Crippen LogP contribution in [0.3, 0.4) is 0 Å². The van der Waals surface area contributed by atoms with Crippen LogP contribution in [-0.2, 0) is 22.6 Å². The molecule has 6 nitrogen and oxygen atoms in total. The topological polar surface area (TPSA) is 73.3 Å². The second-order valence-electron chi connectivity index (χ2n) is 9.75. The van der Waals surface area contributed by atoms with E-state index in [1.54, 1.807) is 6.26 Å². The molecule has 1 saturated heterocycles. The minimum absolute atomic E-state index is 0.383. The lowest BCUT2D eigenvalue weighted by atomic mass is 9.88. The lowest BCUT2D eigenvalue weighted by Crippen LogP contribution is -2.29. The Morgan fingerprint density at radius 3 is 2.49 bits per heavy atom. The zero-order valence-electron chi connectivity index (χ0n) is 19.7. The minimum atomic E-state index is -1.33. The van der Waals surface area contributed by atoms with Gasteiger partial charge in [0.25, 0.3) is 0 Å². The lowest BCUT2D eigenvalue weighted by Gasteiger charge is -2.29. The summed E-state index contributed by atoms with van der Waals surface area (Å²) in [6, 6.07) is 17.5. The van der Waals surface area contributed by atoms with Gasteiger partial charge in [-0.25, -0.2) is 9.37 Å². The molecule has 2 aliphatic rings. The predicted octanol–water partition coefficient (Wildman–Crippen LogP) is 5.52. The van der Waals surface area contributed by atoms with Crippen molar-refractivity contribution >= 4 is 0 Å². The second-order valence-corrected chi connectivity index (χ2v) is 9.75. The van der Waals surface area contributed by atoms with Gasteiger partial charge >= 0.3 is 0 Å². The summed E-state index contributed by atoms with van der Waals surface area (Å²) >= 11 is 0. The predicted molar refractivity (Wildman–Crippen MR) is 129 cm³/mol. The number of nitrogens with zero attached hydrogens (tertiary/aromatic N) is 3. The molecule has 7 heteroatoms. The normalized spacial score (nSPS) is 18.5. The summed E-state index contributed by atoms with van der Waals surface area (Å²) in [5, 5.41) is 15.1. The van der Waals surface area contributed by atoms with Gasteiger partial charge in [-0.2, -0.15) is 5.10 Å². The highest BCUT2D eigenvalue weighted by atomic mass is 19.1. The highest BCUT2D eigenvalue weighted by Crippen LogP contribution is 2.45. The highest BCUT2D eigenvalue weighted by Gasteiger charge is 2.42. The van der Waals surface area contributed by atoms with Crippen LogP contribution >= 0.6 is 0 Å². The third-order valence-corrected chi connectivity index (χ3v) is 7.21. The summed E-state index contributed by atoms with van der Waals surface area (Å²) < 4.78 is 28.2. The number of ether oxygens (including phenoxy) is 1.